The highest BCUT2D eigenvalue weighted by atomic mass is 79.9. The lowest BCUT2D eigenvalue weighted by molar-refractivity contribution is -0.688. The van der Waals surface area contributed by atoms with Gasteiger partial charge in [-0.2, -0.15) is 4.57 Å². The molecule has 0 amide bonds. The van der Waals surface area contributed by atoms with Crippen LogP contribution in [0.5, 0.6) is 0 Å². The Morgan fingerprint density at radius 3 is 1.00 bits per heavy atom. The maximum atomic E-state index is 15.4. The van der Waals surface area contributed by atoms with Crippen LogP contribution in [0, 0.1) is 116 Å². The van der Waals surface area contributed by atoms with Crippen LogP contribution in [0.25, 0.3) is 10.8 Å². The van der Waals surface area contributed by atoms with Gasteiger partial charge < -0.3 is 0 Å². The normalized spacial score (nSPS) is 11.6. The summed E-state index contributed by atoms with van der Waals surface area (Å²) >= 11 is 3.54. The summed E-state index contributed by atoms with van der Waals surface area (Å²) in [6.07, 6.45) is -5.23. The van der Waals surface area contributed by atoms with Crippen molar-refractivity contribution in [2.24, 2.45) is 0 Å². The number of ketones is 1. The van der Waals surface area contributed by atoms with Gasteiger partial charge in [0.2, 0.25) is 12.3 Å². The molecule has 0 atom stereocenters. The average Bonchev–Trinajstić information content (AvgIpc) is 3.31. The summed E-state index contributed by atoms with van der Waals surface area (Å²) in [6.45, 7) is 0.357. The van der Waals surface area contributed by atoms with Gasteiger partial charge in [0.15, 0.2) is 81.7 Å². The molecule has 344 valence electrons. The SMILES string of the molecule is Fc1c(F)c(F)c([B-](c2c(F)c(F)c(F)c(F)c2F)(c2c(F)c(F)c(F)c(F)c2F)c2c(F)c(F)c(F)c(F)c2F)c(F)c1F.O=C(C[n+]1ccc2ccccc2c1CBr)c1ccccc1. The summed E-state index contributed by atoms with van der Waals surface area (Å²) in [5.74, 6) is -71.3. The molecule has 7 rings (SSSR count). The number of carbonyl (C=O) groups is 1. The van der Waals surface area contributed by atoms with Crippen LogP contribution in [0.4, 0.5) is 87.8 Å². The van der Waals surface area contributed by atoms with Crippen molar-refractivity contribution in [2.75, 3.05) is 0 Å². The Labute approximate surface area is 363 Å². The van der Waals surface area contributed by atoms with Crippen LogP contribution >= 0.6 is 15.9 Å². The van der Waals surface area contributed by atoms with Crippen molar-refractivity contribution in [2.45, 2.75) is 11.9 Å². The molecule has 1 aromatic heterocycles. The summed E-state index contributed by atoms with van der Waals surface area (Å²) in [6, 6.07) is 19.7. The third-order valence-corrected chi connectivity index (χ3v) is 10.8. The Bertz CT molecular complexity index is 2750. The first-order valence-electron chi connectivity index (χ1n) is 17.8. The lowest BCUT2D eigenvalue weighted by atomic mass is 9.12. The maximum absolute atomic E-state index is 15.4. The molecule has 7 aromatic rings. The van der Waals surface area contributed by atoms with Crippen molar-refractivity contribution in [3.05, 3.63) is 194 Å². The van der Waals surface area contributed by atoms with Gasteiger partial charge in [0.1, 0.15) is 52.7 Å². The highest BCUT2D eigenvalue weighted by Crippen LogP contribution is 2.31. The maximum Gasteiger partial charge on any atom is 0.227 e. The second-order valence-corrected chi connectivity index (χ2v) is 14.3. The largest absolute Gasteiger partial charge is 0.287 e. The van der Waals surface area contributed by atoms with Gasteiger partial charge in [0.05, 0.1) is 5.33 Å². The highest BCUT2D eigenvalue weighted by Gasteiger charge is 2.52. The zero-order valence-corrected chi connectivity index (χ0v) is 33.2. The topological polar surface area (TPSA) is 20.9 Å². The number of halogens is 21. The molecule has 0 unspecified atom stereocenters. The van der Waals surface area contributed by atoms with Crippen molar-refractivity contribution in [1.29, 1.82) is 0 Å². The average molecular weight is 1020 g/mol. The number of fused-ring (bicyclic) bond motifs is 1. The minimum Gasteiger partial charge on any atom is -0.287 e. The van der Waals surface area contributed by atoms with E-state index in [9.17, 15) is 57.5 Å². The van der Waals surface area contributed by atoms with Crippen LogP contribution in [0.1, 0.15) is 16.1 Å². The second kappa shape index (κ2) is 18.4. The van der Waals surface area contributed by atoms with Crippen molar-refractivity contribution >= 4 is 60.5 Å². The highest BCUT2D eigenvalue weighted by molar-refractivity contribution is 9.08. The van der Waals surface area contributed by atoms with Crippen molar-refractivity contribution in [3.8, 4) is 0 Å². The molecule has 0 saturated carbocycles. The molecule has 0 aliphatic heterocycles. The summed E-state index contributed by atoms with van der Waals surface area (Å²) in [4.78, 5) is 12.4. The fourth-order valence-electron chi connectivity index (χ4n) is 7.36. The van der Waals surface area contributed by atoms with E-state index in [2.05, 4.69) is 34.1 Å². The van der Waals surface area contributed by atoms with Gasteiger partial charge in [-0.3, -0.25) is 4.79 Å². The molecule has 0 fully saturated rings. The van der Waals surface area contributed by atoms with Crippen LogP contribution in [0.15, 0.2) is 66.9 Å². The number of aromatic nitrogens is 1. The van der Waals surface area contributed by atoms with Crippen LogP contribution in [-0.4, -0.2) is 11.9 Å². The third-order valence-electron chi connectivity index (χ3n) is 10.3. The first-order valence-corrected chi connectivity index (χ1v) is 18.9. The molecule has 6 aromatic carbocycles. The molecule has 2 nitrogen and oxygen atoms in total. The molecule has 0 spiro atoms. The number of carbonyl (C=O) groups excluding carboxylic acids is 1. The number of hydrogen-bond donors (Lipinski definition) is 0. The van der Waals surface area contributed by atoms with Crippen molar-refractivity contribution < 1.29 is 97.2 Å². The zero-order chi connectivity index (χ0) is 49.0. The molecular weight excluding hydrogens is 1010 g/mol. The van der Waals surface area contributed by atoms with E-state index in [4.69, 9.17) is 0 Å². The van der Waals surface area contributed by atoms with Gasteiger partial charge in [-0.1, -0.05) is 64.5 Å². The second-order valence-electron chi connectivity index (χ2n) is 13.7. The van der Waals surface area contributed by atoms with E-state index in [1.165, 1.54) is 10.8 Å². The number of pyridine rings is 1. The number of hydrogen-bond acceptors (Lipinski definition) is 1. The number of benzene rings is 6. The molecule has 0 N–H and O–H groups in total. The summed E-state index contributed by atoms with van der Waals surface area (Å²) < 4.78 is 296. The lowest BCUT2D eigenvalue weighted by Gasteiger charge is -2.44. The third kappa shape index (κ3) is 7.60. The van der Waals surface area contributed by atoms with E-state index in [0.717, 1.165) is 16.6 Å². The number of rotatable bonds is 8. The van der Waals surface area contributed by atoms with Gasteiger partial charge in [-0.25, -0.2) is 87.8 Å². The Morgan fingerprint density at radius 1 is 0.394 bits per heavy atom. The molecule has 1 heterocycles. The van der Waals surface area contributed by atoms with Crippen molar-refractivity contribution in [1.82, 2.24) is 0 Å². The fourth-order valence-corrected chi connectivity index (χ4v) is 7.99. The van der Waals surface area contributed by atoms with E-state index >= 15 is 35.1 Å². The summed E-state index contributed by atoms with van der Waals surface area (Å²) in [5, 5.41) is 3.09. The minimum atomic E-state index is -7.22. The van der Waals surface area contributed by atoms with Crippen molar-refractivity contribution in [3.63, 3.8) is 0 Å². The number of alkyl halides is 1. The standard InChI is InChI=1S/C24BF20.C18H15BrNO/c26-5-1(6(27)14(35)21(42)13(5)34)25(2-7(28)15(36)22(43)16(37)8(2)29,3-9(30)17(38)23(44)18(39)10(3)31)4-11(32)19(40)24(45)20(41)12(4)33;19-12-17-16-9-5-4-6-14(16)10-11-20(17)13-18(21)15-7-2-1-3-8-15/h;1-11H,12-13H2/q-1;+1. The van der Waals surface area contributed by atoms with E-state index in [0.29, 0.717) is 6.54 Å². The van der Waals surface area contributed by atoms with Gasteiger partial charge >= 0.3 is 0 Å². The Hall–Kier alpha value is -6.46. The Balaban J connectivity index is 0.000000284. The van der Waals surface area contributed by atoms with E-state index in [1.54, 1.807) is 0 Å². The van der Waals surface area contributed by atoms with Gasteiger partial charge in [-0.15, -0.1) is 21.9 Å². The molecule has 0 aliphatic carbocycles. The van der Waals surface area contributed by atoms with Crippen LogP contribution in [0.3, 0.4) is 0 Å². The monoisotopic (exact) mass is 1020 g/mol. The number of nitrogens with zero attached hydrogens (tertiary/aromatic N) is 1. The molecule has 0 saturated heterocycles. The molecule has 0 radical (unpaired) electrons. The zero-order valence-electron chi connectivity index (χ0n) is 31.6. The van der Waals surface area contributed by atoms with E-state index in [1.807, 2.05) is 53.2 Å². The predicted octanol–water partition coefficient (Wildman–Crippen LogP) is 9.75. The summed E-state index contributed by atoms with van der Waals surface area (Å²) in [7, 11) is 0. The summed E-state index contributed by atoms with van der Waals surface area (Å²) in [5.41, 5.74) is -12.5. The predicted molar refractivity (Wildman–Crippen MR) is 197 cm³/mol. The first kappa shape index (κ1) is 49.0. The lowest BCUT2D eigenvalue weighted by Crippen LogP contribution is -2.81. The van der Waals surface area contributed by atoms with Gasteiger partial charge in [0.25, 0.3) is 0 Å². The number of Topliss-reactive ketones (excluding diaryl/α,β-unsaturated/α-hetero) is 1. The fraction of sp³-hybridized carbons (Fsp3) is 0.0476. The molecule has 0 aliphatic rings. The molecule has 0 bridgehead atoms. The first-order chi connectivity index (χ1) is 31.0. The van der Waals surface area contributed by atoms with E-state index < -0.39 is 144 Å². The molecule has 24 heteroatoms. The van der Waals surface area contributed by atoms with Crippen LogP contribution in [0.2, 0.25) is 0 Å². The van der Waals surface area contributed by atoms with Crippen LogP contribution in [-0.2, 0) is 11.9 Å². The minimum absolute atomic E-state index is 0.123. The van der Waals surface area contributed by atoms with Crippen LogP contribution < -0.4 is 26.4 Å². The molecule has 66 heavy (non-hydrogen) atoms. The van der Waals surface area contributed by atoms with Gasteiger partial charge in [-0.05, 0) is 11.5 Å². The quantitative estimate of drug-likeness (QED) is 0.0283. The Morgan fingerprint density at radius 2 is 0.682 bits per heavy atom. The molecular formula is C42H15BBrF20NO. The van der Waals surface area contributed by atoms with Gasteiger partial charge in [0, 0.05) is 17.0 Å². The van der Waals surface area contributed by atoms with E-state index in [-0.39, 0.29) is 5.78 Å². The smallest absolute Gasteiger partial charge is 0.227 e. The Kier molecular flexibility index (Phi) is 13.7.